The Bertz CT molecular complexity index is 473. The van der Waals surface area contributed by atoms with Crippen LogP contribution in [0.4, 0.5) is 0 Å². The molecule has 0 spiro atoms. The maximum atomic E-state index is 5.42. The van der Waals surface area contributed by atoms with Gasteiger partial charge in [-0.1, -0.05) is 13.8 Å². The van der Waals surface area contributed by atoms with E-state index in [2.05, 4.69) is 10.1 Å². The van der Waals surface area contributed by atoms with Gasteiger partial charge < -0.3 is 9.26 Å². The van der Waals surface area contributed by atoms with E-state index >= 15 is 0 Å². The third-order valence-corrected chi connectivity index (χ3v) is 2.66. The van der Waals surface area contributed by atoms with Gasteiger partial charge in [0.2, 0.25) is 0 Å². The van der Waals surface area contributed by atoms with E-state index in [4.69, 9.17) is 21.5 Å². The minimum absolute atomic E-state index is 0.204. The van der Waals surface area contributed by atoms with Crippen molar-refractivity contribution in [3.8, 4) is 16.5 Å². The first-order valence-corrected chi connectivity index (χ1v) is 6.36. The van der Waals surface area contributed by atoms with Crippen molar-refractivity contribution in [2.45, 2.75) is 20.8 Å². The Balaban J connectivity index is 0.000000606. The second-order valence-electron chi connectivity index (χ2n) is 2.48. The van der Waals surface area contributed by atoms with Gasteiger partial charge in [0.25, 0.3) is 0 Å². The molecule has 0 radical (unpaired) electrons. The van der Waals surface area contributed by atoms with Gasteiger partial charge in [0.15, 0.2) is 5.82 Å². The minimum Gasteiger partial charge on any atom is -0.492 e. The van der Waals surface area contributed by atoms with E-state index < -0.39 is 0 Å². The molecule has 0 aliphatic carbocycles. The average Bonchev–Trinajstić information content (AvgIpc) is 2.90. The monoisotopic (exact) mass is 258 g/mol. The van der Waals surface area contributed by atoms with Crippen LogP contribution in [0.5, 0.6) is 5.75 Å². The van der Waals surface area contributed by atoms with E-state index in [0.717, 1.165) is 10.6 Å². The van der Waals surface area contributed by atoms with Gasteiger partial charge >= 0.3 is 4.84 Å². The molecule has 0 atom stereocenters. The van der Waals surface area contributed by atoms with Crippen molar-refractivity contribution in [3.05, 3.63) is 16.3 Å². The van der Waals surface area contributed by atoms with Gasteiger partial charge in [-0.15, -0.1) is 11.3 Å². The van der Waals surface area contributed by atoms with E-state index in [-0.39, 0.29) is 4.84 Å². The number of rotatable bonds is 3. The quantitative estimate of drug-likeness (QED) is 0.849. The van der Waals surface area contributed by atoms with Gasteiger partial charge in [-0.05, 0) is 30.6 Å². The third-order valence-electron chi connectivity index (χ3n) is 1.58. The van der Waals surface area contributed by atoms with Gasteiger partial charge in [-0.2, -0.15) is 10.1 Å². The highest BCUT2D eigenvalue weighted by atomic mass is 32.1. The van der Waals surface area contributed by atoms with E-state index in [1.807, 2.05) is 32.2 Å². The number of hydrogen-bond acceptors (Lipinski definition) is 5. The zero-order valence-electron chi connectivity index (χ0n) is 9.44. The molecular weight excluding hydrogens is 244 g/mol. The molecule has 0 aliphatic heterocycles. The normalized spacial score (nSPS) is 9.44. The van der Waals surface area contributed by atoms with E-state index in [1.54, 1.807) is 0 Å². The zero-order chi connectivity index (χ0) is 12.0. The molecule has 0 saturated carbocycles. The second-order valence-corrected chi connectivity index (χ2v) is 3.74. The summed E-state index contributed by atoms with van der Waals surface area (Å²) in [7, 11) is 0. The van der Waals surface area contributed by atoms with Crippen LogP contribution in [0.1, 0.15) is 20.8 Å². The summed E-state index contributed by atoms with van der Waals surface area (Å²) >= 11 is 6.30. The SMILES string of the molecule is CC.CCOc1ccsc1-c1nc(=S)o[nH]1. The van der Waals surface area contributed by atoms with Crippen LogP contribution in [0.3, 0.4) is 0 Å². The van der Waals surface area contributed by atoms with E-state index in [0.29, 0.717) is 12.4 Å². The highest BCUT2D eigenvalue weighted by Gasteiger charge is 2.11. The van der Waals surface area contributed by atoms with Crippen molar-refractivity contribution >= 4 is 23.6 Å². The molecule has 0 unspecified atom stereocenters. The van der Waals surface area contributed by atoms with Crippen molar-refractivity contribution in [3.63, 3.8) is 0 Å². The molecule has 88 valence electrons. The number of hydrogen-bond donors (Lipinski definition) is 1. The predicted octanol–water partition coefficient (Wildman–Crippen LogP) is 3.89. The Morgan fingerprint density at radius 3 is 2.88 bits per heavy atom. The first-order chi connectivity index (χ1) is 7.81. The molecule has 0 aliphatic rings. The maximum absolute atomic E-state index is 5.42. The predicted molar refractivity (Wildman–Crippen MR) is 67.5 cm³/mol. The molecule has 6 heteroatoms. The smallest absolute Gasteiger partial charge is 0.314 e. The summed E-state index contributed by atoms with van der Waals surface area (Å²) in [4.78, 5) is 5.13. The lowest BCUT2D eigenvalue weighted by Gasteiger charge is -2.00. The Morgan fingerprint density at radius 2 is 2.31 bits per heavy atom. The lowest BCUT2D eigenvalue weighted by molar-refractivity contribution is 0.342. The summed E-state index contributed by atoms with van der Waals surface area (Å²) in [6, 6.07) is 1.90. The lowest BCUT2D eigenvalue weighted by atomic mass is 10.4. The van der Waals surface area contributed by atoms with Crippen LogP contribution in [0.2, 0.25) is 0 Å². The van der Waals surface area contributed by atoms with Gasteiger partial charge in [0.1, 0.15) is 10.6 Å². The van der Waals surface area contributed by atoms with Crippen LogP contribution in [-0.4, -0.2) is 16.7 Å². The number of aromatic nitrogens is 2. The number of nitrogens with zero attached hydrogens (tertiary/aromatic N) is 1. The first-order valence-electron chi connectivity index (χ1n) is 5.07. The summed E-state index contributed by atoms with van der Waals surface area (Å²) in [5.41, 5.74) is 0. The molecule has 0 aromatic carbocycles. The largest absolute Gasteiger partial charge is 0.492 e. The lowest BCUT2D eigenvalue weighted by Crippen LogP contribution is -1.91. The van der Waals surface area contributed by atoms with Crippen LogP contribution in [0, 0.1) is 4.84 Å². The summed E-state index contributed by atoms with van der Waals surface area (Å²) < 4.78 is 10.3. The van der Waals surface area contributed by atoms with Gasteiger partial charge in [-0.25, -0.2) is 0 Å². The fourth-order valence-electron chi connectivity index (χ4n) is 1.07. The topological polar surface area (TPSA) is 51.1 Å². The van der Waals surface area contributed by atoms with Crippen molar-refractivity contribution in [2.75, 3.05) is 6.61 Å². The molecule has 1 N–H and O–H groups in total. The molecule has 2 aromatic rings. The zero-order valence-corrected chi connectivity index (χ0v) is 11.1. The molecule has 2 aromatic heterocycles. The average molecular weight is 258 g/mol. The highest BCUT2D eigenvalue weighted by molar-refractivity contribution is 7.71. The number of H-pyrrole nitrogens is 1. The Hall–Kier alpha value is -1.14. The summed E-state index contributed by atoms with van der Waals surface area (Å²) in [6.45, 7) is 6.56. The van der Waals surface area contributed by atoms with Crippen molar-refractivity contribution in [2.24, 2.45) is 0 Å². The third kappa shape index (κ3) is 2.93. The first kappa shape index (κ1) is 12.9. The maximum Gasteiger partial charge on any atom is 0.314 e. The Morgan fingerprint density at radius 1 is 1.56 bits per heavy atom. The number of nitrogens with one attached hydrogen (secondary N) is 1. The second kappa shape index (κ2) is 6.44. The molecule has 0 bridgehead atoms. The molecule has 16 heavy (non-hydrogen) atoms. The molecular formula is C10H14N2O2S2. The van der Waals surface area contributed by atoms with Gasteiger partial charge in [-0.3, -0.25) is 0 Å². The van der Waals surface area contributed by atoms with Crippen LogP contribution in [-0.2, 0) is 0 Å². The van der Waals surface area contributed by atoms with Crippen LogP contribution in [0.15, 0.2) is 16.0 Å². The number of thiophene rings is 1. The van der Waals surface area contributed by atoms with Crippen LogP contribution in [0.25, 0.3) is 10.7 Å². The van der Waals surface area contributed by atoms with Gasteiger partial charge in [0, 0.05) is 0 Å². The Labute approximate surface area is 103 Å². The fourth-order valence-corrected chi connectivity index (χ4v) is 1.97. The Kier molecular flexibility index (Phi) is 5.21. The number of aromatic amines is 1. The van der Waals surface area contributed by atoms with E-state index in [9.17, 15) is 0 Å². The van der Waals surface area contributed by atoms with Crippen LogP contribution >= 0.6 is 23.6 Å². The van der Waals surface area contributed by atoms with Crippen molar-refractivity contribution < 1.29 is 9.26 Å². The molecule has 0 amide bonds. The molecule has 0 saturated heterocycles. The van der Waals surface area contributed by atoms with E-state index in [1.165, 1.54) is 11.3 Å². The summed E-state index contributed by atoms with van der Waals surface area (Å²) in [5.74, 6) is 1.42. The number of ether oxygens (including phenoxy) is 1. The molecule has 2 heterocycles. The summed E-state index contributed by atoms with van der Waals surface area (Å²) in [5, 5.41) is 4.58. The minimum atomic E-state index is 0.204. The molecule has 2 rings (SSSR count). The van der Waals surface area contributed by atoms with Gasteiger partial charge in [0.05, 0.1) is 6.61 Å². The van der Waals surface area contributed by atoms with Crippen LogP contribution < -0.4 is 4.74 Å². The highest BCUT2D eigenvalue weighted by Crippen LogP contribution is 2.33. The standard InChI is InChI=1S/C8H8N2O2S2.C2H6/c1-2-11-5-3-4-14-6(5)7-9-8(13)12-10-7;1-2/h3-4H,2H2,1H3,(H,9,10,13);1-2H3. The van der Waals surface area contributed by atoms with Crippen molar-refractivity contribution in [1.29, 1.82) is 0 Å². The fraction of sp³-hybridized carbons (Fsp3) is 0.400. The molecule has 4 nitrogen and oxygen atoms in total. The molecule has 0 fully saturated rings. The van der Waals surface area contributed by atoms with Crippen molar-refractivity contribution in [1.82, 2.24) is 10.1 Å². The summed E-state index contributed by atoms with van der Waals surface area (Å²) in [6.07, 6.45) is 0.